The standard InChI is InChI=1S/C21H19Cl2NO2/c1-2-26-21(25)15-9-4-7-13-12-6-3-8-14(12)20(24-19(13)15)18-16(22)10-5-11-17(18)23/h3-7,9-12,14,20,24H,2,8H2,1H3/t12-,14-,20+/m0/s1. The molecule has 5 heteroatoms. The number of hydrogen-bond acceptors (Lipinski definition) is 3. The van der Waals surface area contributed by atoms with E-state index in [1.54, 1.807) is 6.07 Å². The molecule has 3 nitrogen and oxygen atoms in total. The molecular formula is C21H19Cl2NO2. The van der Waals surface area contributed by atoms with E-state index < -0.39 is 0 Å². The van der Waals surface area contributed by atoms with E-state index in [9.17, 15) is 4.79 Å². The highest BCUT2D eigenvalue weighted by Crippen LogP contribution is 2.52. The maximum Gasteiger partial charge on any atom is 0.340 e. The van der Waals surface area contributed by atoms with Crippen molar-refractivity contribution in [2.75, 3.05) is 11.9 Å². The molecule has 2 aromatic rings. The van der Waals surface area contributed by atoms with Crippen LogP contribution < -0.4 is 5.32 Å². The second-order valence-electron chi connectivity index (χ2n) is 6.60. The number of esters is 1. The molecule has 1 aliphatic carbocycles. The van der Waals surface area contributed by atoms with E-state index in [2.05, 4.69) is 23.5 Å². The average molecular weight is 388 g/mol. The Hall–Kier alpha value is -1.97. The summed E-state index contributed by atoms with van der Waals surface area (Å²) in [6.07, 6.45) is 5.35. The molecule has 0 aromatic heterocycles. The first-order chi connectivity index (χ1) is 12.6. The highest BCUT2D eigenvalue weighted by molar-refractivity contribution is 6.36. The minimum Gasteiger partial charge on any atom is -0.462 e. The maximum absolute atomic E-state index is 12.5. The van der Waals surface area contributed by atoms with Crippen LogP contribution in [0.1, 0.15) is 46.8 Å². The van der Waals surface area contributed by atoms with Crippen molar-refractivity contribution in [1.82, 2.24) is 0 Å². The van der Waals surface area contributed by atoms with Crippen molar-refractivity contribution >= 4 is 34.9 Å². The van der Waals surface area contributed by atoms with E-state index in [1.807, 2.05) is 31.2 Å². The molecule has 2 aliphatic rings. The number of ether oxygens (including phenoxy) is 1. The normalized spacial score (nSPS) is 23.1. The van der Waals surface area contributed by atoms with Crippen LogP contribution in [0.25, 0.3) is 0 Å². The predicted octanol–water partition coefficient (Wildman–Crippen LogP) is 6.00. The number of benzene rings is 2. The third-order valence-electron chi connectivity index (χ3n) is 5.20. The Balaban J connectivity index is 1.85. The number of halogens is 2. The Morgan fingerprint density at radius 2 is 1.92 bits per heavy atom. The number of carbonyl (C=O) groups is 1. The summed E-state index contributed by atoms with van der Waals surface area (Å²) in [6, 6.07) is 11.3. The van der Waals surface area contributed by atoms with Gasteiger partial charge in [-0.3, -0.25) is 0 Å². The minimum absolute atomic E-state index is 0.0701. The van der Waals surface area contributed by atoms with Crippen LogP contribution in [0.5, 0.6) is 0 Å². The predicted molar refractivity (Wildman–Crippen MR) is 105 cm³/mol. The van der Waals surface area contributed by atoms with Gasteiger partial charge >= 0.3 is 5.97 Å². The van der Waals surface area contributed by atoms with Gasteiger partial charge in [-0.2, -0.15) is 0 Å². The molecule has 0 radical (unpaired) electrons. The fourth-order valence-electron chi connectivity index (χ4n) is 4.09. The first-order valence-corrected chi connectivity index (χ1v) is 9.54. The van der Waals surface area contributed by atoms with Crippen molar-refractivity contribution in [2.45, 2.75) is 25.3 Å². The summed E-state index contributed by atoms with van der Waals surface area (Å²) in [7, 11) is 0. The van der Waals surface area contributed by atoms with E-state index in [4.69, 9.17) is 27.9 Å². The van der Waals surface area contributed by atoms with Crippen LogP contribution in [0.4, 0.5) is 5.69 Å². The third kappa shape index (κ3) is 2.80. The first-order valence-electron chi connectivity index (χ1n) is 8.79. The molecule has 0 amide bonds. The highest BCUT2D eigenvalue weighted by atomic mass is 35.5. The lowest BCUT2D eigenvalue weighted by Crippen LogP contribution is -2.31. The van der Waals surface area contributed by atoms with Gasteiger partial charge in [0.1, 0.15) is 0 Å². The lowest BCUT2D eigenvalue weighted by atomic mass is 9.76. The topological polar surface area (TPSA) is 38.3 Å². The smallest absolute Gasteiger partial charge is 0.340 e. The zero-order chi connectivity index (χ0) is 18.3. The molecule has 1 N–H and O–H groups in total. The number of allylic oxidation sites excluding steroid dienone is 2. The Kier molecular flexibility index (Phi) is 4.68. The zero-order valence-corrected chi connectivity index (χ0v) is 15.8. The van der Waals surface area contributed by atoms with Crippen LogP contribution in [0, 0.1) is 5.92 Å². The number of hydrogen-bond donors (Lipinski definition) is 1. The second kappa shape index (κ2) is 6.98. The molecular weight excluding hydrogens is 369 g/mol. The van der Waals surface area contributed by atoms with Gasteiger partial charge in [0.15, 0.2) is 0 Å². The van der Waals surface area contributed by atoms with Gasteiger partial charge in [0, 0.05) is 21.5 Å². The van der Waals surface area contributed by atoms with Gasteiger partial charge in [0.2, 0.25) is 0 Å². The zero-order valence-electron chi connectivity index (χ0n) is 14.3. The molecule has 26 heavy (non-hydrogen) atoms. The van der Waals surface area contributed by atoms with E-state index in [-0.39, 0.29) is 17.9 Å². The minimum atomic E-state index is -0.318. The quantitative estimate of drug-likeness (QED) is 0.518. The Morgan fingerprint density at radius 3 is 2.65 bits per heavy atom. The second-order valence-corrected chi connectivity index (χ2v) is 7.42. The molecule has 4 rings (SSSR count). The van der Waals surface area contributed by atoms with Crippen molar-refractivity contribution < 1.29 is 9.53 Å². The largest absolute Gasteiger partial charge is 0.462 e. The summed E-state index contributed by atoms with van der Waals surface area (Å²) >= 11 is 13.0. The van der Waals surface area contributed by atoms with Crippen molar-refractivity contribution in [3.8, 4) is 0 Å². The van der Waals surface area contributed by atoms with Crippen LogP contribution >= 0.6 is 23.2 Å². The molecule has 0 spiro atoms. The summed E-state index contributed by atoms with van der Waals surface area (Å²) in [5, 5.41) is 4.84. The molecule has 2 aromatic carbocycles. The van der Waals surface area contributed by atoms with E-state index in [0.717, 1.165) is 23.2 Å². The summed E-state index contributed by atoms with van der Waals surface area (Å²) in [4.78, 5) is 12.5. The van der Waals surface area contributed by atoms with Gasteiger partial charge in [0.05, 0.1) is 23.9 Å². The first kappa shape index (κ1) is 17.4. The lowest BCUT2D eigenvalue weighted by molar-refractivity contribution is 0.0527. The van der Waals surface area contributed by atoms with Crippen molar-refractivity contribution in [2.24, 2.45) is 5.92 Å². The number of anilines is 1. The van der Waals surface area contributed by atoms with Crippen molar-refractivity contribution in [3.63, 3.8) is 0 Å². The van der Waals surface area contributed by atoms with E-state index >= 15 is 0 Å². The molecule has 1 aliphatic heterocycles. The molecule has 0 fully saturated rings. The molecule has 1 heterocycles. The Labute approximate surface area is 163 Å². The van der Waals surface area contributed by atoms with Crippen LogP contribution in [0.15, 0.2) is 48.6 Å². The van der Waals surface area contributed by atoms with E-state index in [0.29, 0.717) is 28.1 Å². The van der Waals surface area contributed by atoms with Gasteiger partial charge in [-0.15, -0.1) is 0 Å². The van der Waals surface area contributed by atoms with Gasteiger partial charge in [-0.1, -0.05) is 53.6 Å². The molecule has 0 bridgehead atoms. The van der Waals surface area contributed by atoms with Gasteiger partial charge in [-0.25, -0.2) is 4.79 Å². The summed E-state index contributed by atoms with van der Waals surface area (Å²) in [5.41, 5.74) is 3.38. The fraction of sp³-hybridized carbons (Fsp3) is 0.286. The van der Waals surface area contributed by atoms with E-state index in [1.165, 1.54) is 0 Å². The monoisotopic (exact) mass is 387 g/mol. The number of carbonyl (C=O) groups excluding carboxylic acids is 1. The Bertz CT molecular complexity index is 873. The third-order valence-corrected chi connectivity index (χ3v) is 5.86. The number of rotatable bonds is 3. The number of fused-ring (bicyclic) bond motifs is 3. The van der Waals surface area contributed by atoms with Crippen LogP contribution in [-0.2, 0) is 4.74 Å². The highest BCUT2D eigenvalue weighted by Gasteiger charge is 2.40. The van der Waals surface area contributed by atoms with Crippen LogP contribution in [-0.4, -0.2) is 12.6 Å². The summed E-state index contributed by atoms with van der Waals surface area (Å²) < 4.78 is 5.24. The molecule has 134 valence electrons. The van der Waals surface area contributed by atoms with Crippen LogP contribution in [0.2, 0.25) is 10.0 Å². The maximum atomic E-state index is 12.5. The SMILES string of the molecule is CCOC(=O)c1cccc2c1N[C@@H](c1c(Cl)cccc1Cl)[C@H]1CC=C[C@@H]21. The lowest BCUT2D eigenvalue weighted by Gasteiger charge is -2.38. The molecule has 0 saturated heterocycles. The van der Waals surface area contributed by atoms with Crippen molar-refractivity contribution in [1.29, 1.82) is 0 Å². The average Bonchev–Trinajstić information content (AvgIpc) is 3.11. The van der Waals surface area contributed by atoms with Crippen LogP contribution in [0.3, 0.4) is 0 Å². The Morgan fingerprint density at radius 1 is 1.19 bits per heavy atom. The molecule has 3 atom stereocenters. The molecule has 0 saturated carbocycles. The van der Waals surface area contributed by atoms with Gasteiger partial charge < -0.3 is 10.1 Å². The summed E-state index contributed by atoms with van der Waals surface area (Å²) in [5.74, 6) is 0.205. The number of nitrogens with one attached hydrogen (secondary N) is 1. The van der Waals surface area contributed by atoms with Gasteiger partial charge in [-0.05, 0) is 43.0 Å². The fourth-order valence-corrected chi connectivity index (χ4v) is 4.73. The molecule has 0 unspecified atom stereocenters. The van der Waals surface area contributed by atoms with Crippen molar-refractivity contribution in [3.05, 3.63) is 75.3 Å². The van der Waals surface area contributed by atoms with Gasteiger partial charge in [0.25, 0.3) is 0 Å². The summed E-state index contributed by atoms with van der Waals surface area (Å²) in [6.45, 7) is 2.15. The number of para-hydroxylation sites is 1.